The number of pyridine rings is 1. The van der Waals surface area contributed by atoms with Crippen LogP contribution >= 0.6 is 0 Å². The number of carbonyl (C=O) groups is 3. The average molecular weight is 585 g/mol. The summed E-state index contributed by atoms with van der Waals surface area (Å²) >= 11 is 0. The number of amides is 1. The molecule has 11 nitrogen and oxygen atoms in total. The van der Waals surface area contributed by atoms with Crippen molar-refractivity contribution in [1.29, 1.82) is 0 Å². The average Bonchev–Trinajstić information content (AvgIpc) is 3.55. The maximum absolute atomic E-state index is 12.4. The fraction of sp³-hybridized carbons (Fsp3) is 0.609. The molecule has 1 saturated heterocycles. The first-order chi connectivity index (χ1) is 18.4. The molecule has 1 aliphatic carbocycles. The first-order valence-electron chi connectivity index (χ1n) is 12.1. The van der Waals surface area contributed by atoms with Gasteiger partial charge in [0.05, 0.1) is 11.6 Å². The van der Waals surface area contributed by atoms with E-state index in [4.69, 9.17) is 19.8 Å². The number of aromatic nitrogens is 3. The molecule has 224 valence electrons. The van der Waals surface area contributed by atoms with Crippen LogP contribution in [0.2, 0.25) is 0 Å². The largest absolute Gasteiger partial charge is 0.490 e. The maximum atomic E-state index is 12.4. The van der Waals surface area contributed by atoms with Crippen molar-refractivity contribution in [2.45, 2.75) is 51.1 Å². The van der Waals surface area contributed by atoms with E-state index in [0.29, 0.717) is 5.56 Å². The Labute approximate surface area is 224 Å². The highest BCUT2D eigenvalue weighted by atomic mass is 19.4. The van der Waals surface area contributed by atoms with Gasteiger partial charge in [0.25, 0.3) is 5.91 Å². The van der Waals surface area contributed by atoms with Crippen molar-refractivity contribution in [2.75, 3.05) is 33.2 Å². The van der Waals surface area contributed by atoms with Gasteiger partial charge in [0, 0.05) is 38.4 Å². The number of halogens is 6. The Hall–Kier alpha value is -3.47. The lowest BCUT2D eigenvalue weighted by Crippen LogP contribution is -2.47. The van der Waals surface area contributed by atoms with Gasteiger partial charge in [0.15, 0.2) is 11.5 Å². The Morgan fingerprint density at radius 3 is 2.02 bits per heavy atom. The standard InChI is InChI=1S/C19H28N6O.2C2HF3O2/c1-13(2)20-19(26)15-6-7-17-21-22-18(25(17)11-15)16-12-24(9-8-23(16)3)10-14-4-5-14;2*3-2(4,5)1(6)7/h6-7,11,13-14,16H,4-5,8-10,12H2,1-3H3,(H,20,26);2*(H,6,7). The highest BCUT2D eigenvalue weighted by Crippen LogP contribution is 2.32. The SMILES string of the molecule is CC(C)NC(=O)c1ccc2nnc(C3CN(CC4CC4)CCN3C)n2c1.O=C(O)C(F)(F)F.O=C(O)C(F)(F)F. The molecule has 40 heavy (non-hydrogen) atoms. The van der Waals surface area contributed by atoms with Gasteiger partial charge >= 0.3 is 24.3 Å². The first-order valence-corrected chi connectivity index (χ1v) is 12.1. The van der Waals surface area contributed by atoms with Gasteiger partial charge in [0.2, 0.25) is 0 Å². The van der Waals surface area contributed by atoms with E-state index in [-0.39, 0.29) is 18.0 Å². The lowest BCUT2D eigenvalue weighted by molar-refractivity contribution is -0.193. The molecule has 0 bridgehead atoms. The molecule has 2 aromatic heterocycles. The normalized spacial score (nSPS) is 18.4. The molecule has 1 amide bonds. The molecule has 3 heterocycles. The number of hydrogen-bond acceptors (Lipinski definition) is 7. The summed E-state index contributed by atoms with van der Waals surface area (Å²) in [5, 5.41) is 26.0. The second kappa shape index (κ2) is 13.3. The van der Waals surface area contributed by atoms with Gasteiger partial charge in [-0.3, -0.25) is 19.0 Å². The Bertz CT molecular complexity index is 1160. The number of nitrogens with one attached hydrogen (secondary N) is 1. The minimum Gasteiger partial charge on any atom is -0.475 e. The van der Waals surface area contributed by atoms with Crippen molar-refractivity contribution in [3.8, 4) is 0 Å². The summed E-state index contributed by atoms with van der Waals surface area (Å²) in [6, 6.07) is 3.99. The number of hydrogen-bond donors (Lipinski definition) is 3. The van der Waals surface area contributed by atoms with Crippen LogP contribution in [-0.2, 0) is 9.59 Å². The highest BCUT2D eigenvalue weighted by molar-refractivity contribution is 5.94. The number of nitrogens with zero attached hydrogens (tertiary/aromatic N) is 5. The molecule has 2 aromatic rings. The molecular weight excluding hydrogens is 554 g/mol. The summed E-state index contributed by atoms with van der Waals surface area (Å²) in [6.07, 6.45) is -5.55. The molecule has 17 heteroatoms. The van der Waals surface area contributed by atoms with Gasteiger partial charge < -0.3 is 15.5 Å². The van der Waals surface area contributed by atoms with E-state index in [0.717, 1.165) is 37.0 Å². The number of fused-ring (bicyclic) bond motifs is 1. The Morgan fingerprint density at radius 2 is 1.55 bits per heavy atom. The summed E-state index contributed by atoms with van der Waals surface area (Å²) in [6.45, 7) is 8.24. The van der Waals surface area contributed by atoms with Crippen molar-refractivity contribution < 1.29 is 50.9 Å². The predicted octanol–water partition coefficient (Wildman–Crippen LogP) is 2.83. The number of aliphatic carboxylic acids is 2. The predicted molar refractivity (Wildman–Crippen MR) is 128 cm³/mol. The van der Waals surface area contributed by atoms with E-state index in [9.17, 15) is 31.1 Å². The highest BCUT2D eigenvalue weighted by Gasteiger charge is 2.39. The van der Waals surface area contributed by atoms with Gasteiger partial charge in [-0.2, -0.15) is 26.3 Å². The fourth-order valence-electron chi connectivity index (χ4n) is 3.66. The van der Waals surface area contributed by atoms with Crippen LogP contribution < -0.4 is 5.32 Å². The van der Waals surface area contributed by atoms with Crippen LogP contribution in [0.5, 0.6) is 0 Å². The third-order valence-electron chi connectivity index (χ3n) is 5.84. The number of likely N-dealkylation sites (N-methyl/N-ethyl adjacent to an activating group) is 1. The molecule has 2 aliphatic rings. The molecule has 0 aromatic carbocycles. The third kappa shape index (κ3) is 9.93. The van der Waals surface area contributed by atoms with Crippen LogP contribution in [0.1, 0.15) is 48.9 Å². The number of alkyl halides is 6. The zero-order valence-electron chi connectivity index (χ0n) is 21.8. The summed E-state index contributed by atoms with van der Waals surface area (Å²) in [7, 11) is 2.15. The number of carboxylic acids is 2. The molecule has 0 radical (unpaired) electrons. The van der Waals surface area contributed by atoms with Crippen molar-refractivity contribution >= 4 is 23.5 Å². The smallest absolute Gasteiger partial charge is 0.475 e. The topological polar surface area (TPSA) is 140 Å². The number of piperazine rings is 1. The second-order valence-corrected chi connectivity index (χ2v) is 9.64. The molecule has 2 fully saturated rings. The zero-order chi connectivity index (χ0) is 30.4. The Balaban J connectivity index is 0.000000333. The van der Waals surface area contributed by atoms with Crippen LogP contribution in [0.15, 0.2) is 18.3 Å². The van der Waals surface area contributed by atoms with Gasteiger partial charge in [-0.15, -0.1) is 10.2 Å². The molecule has 4 rings (SSSR count). The number of carbonyl (C=O) groups excluding carboxylic acids is 1. The summed E-state index contributed by atoms with van der Waals surface area (Å²) in [4.78, 5) is 35.1. The minimum atomic E-state index is -5.08. The Kier molecular flexibility index (Phi) is 10.9. The van der Waals surface area contributed by atoms with Crippen molar-refractivity contribution in [1.82, 2.24) is 29.7 Å². The number of carboxylic acid groups (broad SMARTS) is 2. The van der Waals surface area contributed by atoms with Crippen LogP contribution in [0.3, 0.4) is 0 Å². The van der Waals surface area contributed by atoms with Gasteiger partial charge in [-0.1, -0.05) is 0 Å². The molecule has 1 saturated carbocycles. The minimum absolute atomic E-state index is 0.0612. The Morgan fingerprint density at radius 1 is 1.00 bits per heavy atom. The lowest BCUT2D eigenvalue weighted by Gasteiger charge is -2.38. The molecular formula is C23H30F6N6O5. The van der Waals surface area contributed by atoms with Crippen LogP contribution in [0, 0.1) is 5.92 Å². The third-order valence-corrected chi connectivity index (χ3v) is 5.84. The molecule has 1 atom stereocenters. The quantitative estimate of drug-likeness (QED) is 0.453. The monoisotopic (exact) mass is 584 g/mol. The van der Waals surface area contributed by atoms with Crippen molar-refractivity contribution in [3.05, 3.63) is 29.7 Å². The summed E-state index contributed by atoms with van der Waals surface area (Å²) in [5.41, 5.74) is 1.43. The van der Waals surface area contributed by atoms with E-state index < -0.39 is 24.3 Å². The van der Waals surface area contributed by atoms with E-state index in [1.165, 1.54) is 19.4 Å². The van der Waals surface area contributed by atoms with Crippen LogP contribution in [0.25, 0.3) is 5.65 Å². The van der Waals surface area contributed by atoms with Crippen LogP contribution in [0.4, 0.5) is 26.3 Å². The van der Waals surface area contributed by atoms with Crippen molar-refractivity contribution in [2.24, 2.45) is 5.92 Å². The maximum Gasteiger partial charge on any atom is 0.490 e. The van der Waals surface area contributed by atoms with Gasteiger partial charge in [0.1, 0.15) is 0 Å². The van der Waals surface area contributed by atoms with Crippen LogP contribution in [-0.4, -0.2) is 104 Å². The fourth-order valence-corrected chi connectivity index (χ4v) is 3.66. The molecule has 0 spiro atoms. The number of rotatable bonds is 5. The molecule has 1 aliphatic heterocycles. The molecule has 1 unspecified atom stereocenters. The van der Waals surface area contributed by atoms with E-state index in [1.807, 2.05) is 36.6 Å². The molecule has 3 N–H and O–H groups in total. The van der Waals surface area contributed by atoms with Gasteiger partial charge in [-0.05, 0) is 51.8 Å². The second-order valence-electron chi connectivity index (χ2n) is 9.64. The van der Waals surface area contributed by atoms with Gasteiger partial charge in [-0.25, -0.2) is 9.59 Å². The summed E-state index contributed by atoms with van der Waals surface area (Å²) < 4.78 is 65.5. The van der Waals surface area contributed by atoms with E-state index >= 15 is 0 Å². The summed E-state index contributed by atoms with van der Waals surface area (Å²) in [5.74, 6) is -3.77. The van der Waals surface area contributed by atoms with Crippen molar-refractivity contribution in [3.63, 3.8) is 0 Å². The lowest BCUT2D eigenvalue weighted by atomic mass is 10.1. The van der Waals surface area contributed by atoms with E-state index in [2.05, 4.69) is 32.4 Å². The zero-order valence-corrected chi connectivity index (χ0v) is 21.8. The van der Waals surface area contributed by atoms with E-state index in [1.54, 1.807) is 0 Å². The first kappa shape index (κ1) is 32.7.